The summed E-state index contributed by atoms with van der Waals surface area (Å²) in [5.74, 6) is -0.848. The minimum absolute atomic E-state index is 0.00227. The molecule has 0 spiro atoms. The van der Waals surface area contributed by atoms with Gasteiger partial charge < -0.3 is 15.3 Å². The van der Waals surface area contributed by atoms with Crippen molar-refractivity contribution in [3.05, 3.63) is 0 Å². The zero-order chi connectivity index (χ0) is 15.3. The van der Waals surface area contributed by atoms with E-state index in [0.717, 1.165) is 19.1 Å². The summed E-state index contributed by atoms with van der Waals surface area (Å²) in [4.78, 5) is 24.5. The normalized spacial score (nSPS) is 23.4. The average Bonchev–Trinajstić information content (AvgIpc) is 2.36. The molecule has 1 fully saturated rings. The van der Waals surface area contributed by atoms with E-state index in [4.69, 9.17) is 0 Å². The van der Waals surface area contributed by atoms with Gasteiger partial charge in [0.1, 0.15) is 15.9 Å². The van der Waals surface area contributed by atoms with E-state index in [1.165, 1.54) is 4.90 Å². The largest absolute Gasteiger partial charge is 0.480 e. The highest BCUT2D eigenvalue weighted by molar-refractivity contribution is 7.90. The molecule has 2 amide bonds. The molecule has 0 aromatic rings. The molecule has 1 heterocycles. The Hall–Kier alpha value is -1.31. The van der Waals surface area contributed by atoms with Crippen LogP contribution in [0, 0.1) is 5.92 Å². The molecule has 1 saturated heterocycles. The van der Waals surface area contributed by atoms with Gasteiger partial charge in [-0.05, 0) is 18.8 Å². The van der Waals surface area contributed by atoms with Gasteiger partial charge in [-0.25, -0.2) is 18.0 Å². The fourth-order valence-corrected chi connectivity index (χ4v) is 2.80. The number of urea groups is 1. The molecular formula is C12H22N2O5S. The van der Waals surface area contributed by atoms with Crippen LogP contribution in [0.3, 0.4) is 0 Å². The highest BCUT2D eigenvalue weighted by Crippen LogP contribution is 2.25. The second-order valence-electron chi connectivity index (χ2n) is 5.21. The number of nitrogens with zero attached hydrogens (tertiary/aromatic N) is 1. The lowest BCUT2D eigenvalue weighted by Gasteiger charge is -2.36. The molecule has 116 valence electrons. The van der Waals surface area contributed by atoms with E-state index in [2.05, 4.69) is 5.32 Å². The maximum atomic E-state index is 12.0. The van der Waals surface area contributed by atoms with Gasteiger partial charge in [0, 0.05) is 19.3 Å². The first-order valence-electron chi connectivity index (χ1n) is 6.69. The van der Waals surface area contributed by atoms with Crippen molar-refractivity contribution in [3.63, 3.8) is 0 Å². The van der Waals surface area contributed by atoms with Crippen LogP contribution in [0.4, 0.5) is 4.79 Å². The standard InChI is InChI=1S/C12H22N2O5S/c1-3-9-4-6-14(10(8-9)11(15)16)12(17)13-5-7-20(2,18)19/h9-10H,3-8H2,1-2H3,(H,13,17)(H,15,16). The molecule has 0 aromatic heterocycles. The van der Waals surface area contributed by atoms with Crippen LogP contribution < -0.4 is 5.32 Å². The van der Waals surface area contributed by atoms with Crippen molar-refractivity contribution >= 4 is 21.8 Å². The number of nitrogens with one attached hydrogen (secondary N) is 1. The fraction of sp³-hybridized carbons (Fsp3) is 0.833. The Balaban J connectivity index is 2.59. The van der Waals surface area contributed by atoms with Crippen molar-refractivity contribution in [1.82, 2.24) is 10.2 Å². The highest BCUT2D eigenvalue weighted by Gasteiger charge is 2.35. The van der Waals surface area contributed by atoms with Gasteiger partial charge in [-0.2, -0.15) is 0 Å². The summed E-state index contributed by atoms with van der Waals surface area (Å²) in [6.07, 6.45) is 3.21. The van der Waals surface area contributed by atoms with Gasteiger partial charge in [-0.1, -0.05) is 13.3 Å². The monoisotopic (exact) mass is 306 g/mol. The van der Waals surface area contributed by atoms with E-state index in [9.17, 15) is 23.1 Å². The predicted octanol–water partition coefficient (Wildman–Crippen LogP) is 0.316. The molecule has 7 nitrogen and oxygen atoms in total. The van der Waals surface area contributed by atoms with Gasteiger partial charge in [0.25, 0.3) is 0 Å². The summed E-state index contributed by atoms with van der Waals surface area (Å²) in [6, 6.07) is -1.33. The number of aliphatic carboxylic acids is 1. The maximum absolute atomic E-state index is 12.0. The first kappa shape index (κ1) is 16.7. The van der Waals surface area contributed by atoms with Gasteiger partial charge in [-0.3, -0.25) is 0 Å². The number of sulfone groups is 1. The molecule has 2 unspecified atom stereocenters. The van der Waals surface area contributed by atoms with E-state index in [1.54, 1.807) is 0 Å². The zero-order valence-corrected chi connectivity index (χ0v) is 12.6. The number of likely N-dealkylation sites (tertiary alicyclic amines) is 1. The lowest BCUT2D eigenvalue weighted by atomic mass is 9.89. The summed E-state index contributed by atoms with van der Waals surface area (Å²) < 4.78 is 22.0. The predicted molar refractivity (Wildman–Crippen MR) is 74.3 cm³/mol. The number of carboxylic acid groups (broad SMARTS) is 1. The second kappa shape index (κ2) is 6.92. The fourth-order valence-electron chi connectivity index (χ4n) is 2.33. The van der Waals surface area contributed by atoms with Crippen LogP contribution in [-0.4, -0.2) is 61.6 Å². The third kappa shape index (κ3) is 4.99. The SMILES string of the molecule is CCC1CCN(C(=O)NCCS(C)(=O)=O)C(C(=O)O)C1. The Bertz CT molecular complexity index is 462. The summed E-state index contributed by atoms with van der Waals surface area (Å²) in [7, 11) is -3.14. The summed E-state index contributed by atoms with van der Waals surface area (Å²) in [6.45, 7) is 2.39. The molecule has 0 saturated carbocycles. The van der Waals surface area contributed by atoms with Crippen LogP contribution in [0.15, 0.2) is 0 Å². The highest BCUT2D eigenvalue weighted by atomic mass is 32.2. The van der Waals surface area contributed by atoms with Gasteiger partial charge in [-0.15, -0.1) is 0 Å². The smallest absolute Gasteiger partial charge is 0.326 e. The van der Waals surface area contributed by atoms with E-state index in [-0.39, 0.29) is 12.3 Å². The van der Waals surface area contributed by atoms with E-state index in [0.29, 0.717) is 18.9 Å². The third-order valence-electron chi connectivity index (χ3n) is 3.58. The molecular weight excluding hydrogens is 284 g/mol. The molecule has 0 bridgehead atoms. The van der Waals surface area contributed by atoms with Crippen molar-refractivity contribution < 1.29 is 23.1 Å². The average molecular weight is 306 g/mol. The van der Waals surface area contributed by atoms with Crippen molar-refractivity contribution in [2.24, 2.45) is 5.92 Å². The van der Waals surface area contributed by atoms with Crippen molar-refractivity contribution in [1.29, 1.82) is 0 Å². The van der Waals surface area contributed by atoms with Crippen LogP contribution >= 0.6 is 0 Å². The van der Waals surface area contributed by atoms with E-state index in [1.807, 2.05) is 6.92 Å². The summed E-state index contributed by atoms with van der Waals surface area (Å²) in [5, 5.41) is 11.7. The second-order valence-corrected chi connectivity index (χ2v) is 7.47. The Morgan fingerprint density at radius 3 is 2.55 bits per heavy atom. The Labute approximate surface area is 119 Å². The molecule has 2 atom stereocenters. The number of hydrogen-bond acceptors (Lipinski definition) is 4. The zero-order valence-electron chi connectivity index (χ0n) is 11.8. The molecule has 1 rings (SSSR count). The number of rotatable bonds is 5. The van der Waals surface area contributed by atoms with Crippen molar-refractivity contribution in [2.75, 3.05) is 25.1 Å². The van der Waals surface area contributed by atoms with Crippen LogP contribution in [0.1, 0.15) is 26.2 Å². The molecule has 1 aliphatic heterocycles. The maximum Gasteiger partial charge on any atom is 0.326 e. The molecule has 1 aliphatic rings. The Morgan fingerprint density at radius 1 is 1.40 bits per heavy atom. The molecule has 0 radical (unpaired) electrons. The molecule has 20 heavy (non-hydrogen) atoms. The van der Waals surface area contributed by atoms with Crippen molar-refractivity contribution in [3.8, 4) is 0 Å². The number of hydrogen-bond donors (Lipinski definition) is 2. The quantitative estimate of drug-likeness (QED) is 0.761. The van der Waals surface area contributed by atoms with Gasteiger partial charge in [0.2, 0.25) is 0 Å². The number of piperidine rings is 1. The molecule has 0 aromatic carbocycles. The van der Waals surface area contributed by atoms with Crippen LogP contribution in [0.2, 0.25) is 0 Å². The van der Waals surface area contributed by atoms with Crippen LogP contribution in [0.5, 0.6) is 0 Å². The van der Waals surface area contributed by atoms with Gasteiger partial charge in [0.05, 0.1) is 5.75 Å². The molecule has 8 heteroatoms. The van der Waals surface area contributed by atoms with Gasteiger partial charge >= 0.3 is 12.0 Å². The topological polar surface area (TPSA) is 104 Å². The van der Waals surface area contributed by atoms with Crippen LogP contribution in [-0.2, 0) is 14.6 Å². The Kier molecular flexibility index (Phi) is 5.79. The number of carboxylic acids is 1. The Morgan fingerprint density at radius 2 is 2.05 bits per heavy atom. The first-order valence-corrected chi connectivity index (χ1v) is 8.75. The van der Waals surface area contributed by atoms with E-state index < -0.39 is 27.9 Å². The lowest BCUT2D eigenvalue weighted by Crippen LogP contribution is -2.54. The van der Waals surface area contributed by atoms with E-state index >= 15 is 0 Å². The number of carbonyl (C=O) groups is 2. The third-order valence-corrected chi connectivity index (χ3v) is 4.53. The minimum Gasteiger partial charge on any atom is -0.480 e. The van der Waals surface area contributed by atoms with Gasteiger partial charge in [0.15, 0.2) is 0 Å². The van der Waals surface area contributed by atoms with Crippen molar-refractivity contribution in [2.45, 2.75) is 32.2 Å². The summed E-state index contributed by atoms with van der Waals surface area (Å²) in [5.41, 5.74) is 0. The van der Waals surface area contributed by atoms with Crippen LogP contribution in [0.25, 0.3) is 0 Å². The first-order chi connectivity index (χ1) is 9.24. The molecule has 0 aliphatic carbocycles. The number of amides is 2. The number of carbonyl (C=O) groups excluding carboxylic acids is 1. The molecule has 2 N–H and O–H groups in total. The minimum atomic E-state index is -3.14. The lowest BCUT2D eigenvalue weighted by molar-refractivity contribution is -0.144. The summed E-state index contributed by atoms with van der Waals surface area (Å²) >= 11 is 0.